The Hall–Kier alpha value is -1.60. The second-order valence-corrected chi connectivity index (χ2v) is 4.76. The van der Waals surface area contributed by atoms with Crippen LogP contribution in [0.2, 0.25) is 0 Å². The first-order chi connectivity index (χ1) is 8.01. The van der Waals surface area contributed by atoms with Crippen molar-refractivity contribution in [3.05, 3.63) is 70.8 Å². The average Bonchev–Trinajstić information content (AvgIpc) is 2.33. The Morgan fingerprint density at radius 3 is 2.24 bits per heavy atom. The Morgan fingerprint density at radius 1 is 0.941 bits per heavy atom. The van der Waals surface area contributed by atoms with Crippen molar-refractivity contribution in [1.29, 1.82) is 0 Å². The van der Waals surface area contributed by atoms with Gasteiger partial charge in [-0.3, -0.25) is 0 Å². The van der Waals surface area contributed by atoms with Gasteiger partial charge in [0.15, 0.2) is 0 Å². The van der Waals surface area contributed by atoms with Crippen LogP contribution in [0.1, 0.15) is 29.2 Å². The summed E-state index contributed by atoms with van der Waals surface area (Å²) in [6.45, 7) is 5.93. The van der Waals surface area contributed by atoms with Gasteiger partial charge in [0.1, 0.15) is 5.60 Å². The van der Waals surface area contributed by atoms with E-state index in [0.29, 0.717) is 0 Å². The van der Waals surface area contributed by atoms with Gasteiger partial charge in [0.25, 0.3) is 0 Å². The highest BCUT2D eigenvalue weighted by molar-refractivity contribution is 5.41. The number of aliphatic hydroxyl groups is 1. The number of rotatable bonds is 2. The Bertz CT molecular complexity index is 512. The molecule has 1 heteroatoms. The highest BCUT2D eigenvalue weighted by atomic mass is 16.3. The Balaban J connectivity index is 2.55. The Labute approximate surface area is 103 Å². The maximum atomic E-state index is 10.8. The first kappa shape index (κ1) is 11.9. The molecule has 2 aromatic carbocycles. The van der Waals surface area contributed by atoms with Gasteiger partial charge in [0, 0.05) is 0 Å². The van der Waals surface area contributed by atoms with E-state index in [0.717, 1.165) is 16.7 Å². The first-order valence-corrected chi connectivity index (χ1v) is 5.87. The van der Waals surface area contributed by atoms with Crippen molar-refractivity contribution in [3.8, 4) is 0 Å². The van der Waals surface area contributed by atoms with Gasteiger partial charge in [-0.25, -0.2) is 0 Å². The van der Waals surface area contributed by atoms with Crippen molar-refractivity contribution in [2.24, 2.45) is 0 Å². The van der Waals surface area contributed by atoms with Gasteiger partial charge in [0.05, 0.1) is 0 Å². The van der Waals surface area contributed by atoms with Gasteiger partial charge in [-0.15, -0.1) is 0 Å². The second kappa shape index (κ2) is 4.34. The molecule has 1 atom stereocenters. The van der Waals surface area contributed by atoms with Crippen molar-refractivity contribution < 1.29 is 5.11 Å². The quantitative estimate of drug-likeness (QED) is 0.830. The van der Waals surface area contributed by atoms with Crippen LogP contribution in [0.15, 0.2) is 48.5 Å². The largest absolute Gasteiger partial charge is 0.381 e. The van der Waals surface area contributed by atoms with Crippen molar-refractivity contribution in [3.63, 3.8) is 0 Å². The van der Waals surface area contributed by atoms with Crippen molar-refractivity contribution in [2.75, 3.05) is 0 Å². The molecule has 0 fully saturated rings. The van der Waals surface area contributed by atoms with Crippen LogP contribution in [0.5, 0.6) is 0 Å². The fraction of sp³-hybridized carbons (Fsp3) is 0.250. The summed E-state index contributed by atoms with van der Waals surface area (Å²) >= 11 is 0. The molecule has 17 heavy (non-hydrogen) atoms. The van der Waals surface area contributed by atoms with Crippen LogP contribution in [0.3, 0.4) is 0 Å². The SMILES string of the molecule is Cc1ccc(C)c(C(C)(O)c2ccccc2)c1. The molecule has 1 unspecified atom stereocenters. The summed E-state index contributed by atoms with van der Waals surface area (Å²) in [6, 6.07) is 16.0. The van der Waals surface area contributed by atoms with Crippen molar-refractivity contribution in [2.45, 2.75) is 26.4 Å². The summed E-state index contributed by atoms with van der Waals surface area (Å²) in [4.78, 5) is 0. The molecule has 0 aliphatic carbocycles. The van der Waals surface area contributed by atoms with Crippen LogP contribution in [-0.4, -0.2) is 5.11 Å². The molecular formula is C16H18O. The van der Waals surface area contributed by atoms with E-state index < -0.39 is 5.60 Å². The van der Waals surface area contributed by atoms with E-state index in [1.807, 2.05) is 51.1 Å². The van der Waals surface area contributed by atoms with Crippen LogP contribution < -0.4 is 0 Å². The van der Waals surface area contributed by atoms with Gasteiger partial charge >= 0.3 is 0 Å². The molecule has 0 spiro atoms. The van der Waals surface area contributed by atoms with Crippen molar-refractivity contribution in [1.82, 2.24) is 0 Å². The summed E-state index contributed by atoms with van der Waals surface area (Å²) < 4.78 is 0. The minimum absolute atomic E-state index is 0.925. The lowest BCUT2D eigenvalue weighted by Gasteiger charge is -2.26. The number of hydrogen-bond donors (Lipinski definition) is 1. The maximum Gasteiger partial charge on any atom is 0.112 e. The fourth-order valence-corrected chi connectivity index (χ4v) is 2.18. The normalized spacial score (nSPS) is 14.4. The van der Waals surface area contributed by atoms with Crippen LogP contribution >= 0.6 is 0 Å². The topological polar surface area (TPSA) is 20.2 Å². The van der Waals surface area contributed by atoms with Crippen LogP contribution in [0.25, 0.3) is 0 Å². The summed E-state index contributed by atoms with van der Waals surface area (Å²) in [5.41, 5.74) is 3.25. The predicted octanol–water partition coefficient (Wildman–Crippen LogP) is 3.56. The lowest BCUT2D eigenvalue weighted by atomic mass is 9.85. The van der Waals surface area contributed by atoms with Crippen molar-refractivity contribution >= 4 is 0 Å². The zero-order chi connectivity index (χ0) is 12.5. The van der Waals surface area contributed by atoms with Gasteiger partial charge in [-0.05, 0) is 37.5 Å². The van der Waals surface area contributed by atoms with Gasteiger partial charge in [0.2, 0.25) is 0 Å². The molecule has 2 aromatic rings. The smallest absolute Gasteiger partial charge is 0.112 e. The van der Waals surface area contributed by atoms with E-state index in [4.69, 9.17) is 0 Å². The minimum atomic E-state index is -0.933. The molecule has 0 radical (unpaired) electrons. The molecule has 0 aromatic heterocycles. The Morgan fingerprint density at radius 2 is 1.59 bits per heavy atom. The fourth-order valence-electron chi connectivity index (χ4n) is 2.18. The molecule has 1 N–H and O–H groups in total. The molecule has 2 rings (SSSR count). The molecule has 0 aliphatic rings. The van der Waals surface area contributed by atoms with E-state index in [1.165, 1.54) is 5.56 Å². The van der Waals surface area contributed by atoms with Crippen LogP contribution in [0, 0.1) is 13.8 Å². The molecule has 0 saturated carbocycles. The van der Waals surface area contributed by atoms with Gasteiger partial charge in [-0.1, -0.05) is 54.1 Å². The van der Waals surface area contributed by atoms with Crippen LogP contribution in [0.4, 0.5) is 0 Å². The van der Waals surface area contributed by atoms with Gasteiger partial charge in [-0.2, -0.15) is 0 Å². The third-order valence-electron chi connectivity index (χ3n) is 3.25. The molecule has 0 saturated heterocycles. The summed E-state index contributed by atoms with van der Waals surface area (Å²) in [7, 11) is 0. The third-order valence-corrected chi connectivity index (χ3v) is 3.25. The first-order valence-electron chi connectivity index (χ1n) is 5.87. The van der Waals surface area contributed by atoms with E-state index in [2.05, 4.69) is 18.2 Å². The summed E-state index contributed by atoms with van der Waals surface area (Å²) in [6.07, 6.45) is 0. The molecule has 0 bridgehead atoms. The number of aryl methyl sites for hydroxylation is 2. The van der Waals surface area contributed by atoms with E-state index >= 15 is 0 Å². The number of hydrogen-bond acceptors (Lipinski definition) is 1. The van der Waals surface area contributed by atoms with E-state index in [1.54, 1.807) is 0 Å². The van der Waals surface area contributed by atoms with E-state index in [9.17, 15) is 5.11 Å². The summed E-state index contributed by atoms with van der Waals surface area (Å²) in [5.74, 6) is 0. The zero-order valence-corrected chi connectivity index (χ0v) is 10.6. The standard InChI is InChI=1S/C16H18O/c1-12-9-10-13(2)15(11-12)16(3,17)14-7-5-4-6-8-14/h4-11,17H,1-3H3. The third kappa shape index (κ3) is 2.25. The second-order valence-electron chi connectivity index (χ2n) is 4.76. The van der Waals surface area contributed by atoms with Crippen LogP contribution in [-0.2, 0) is 5.60 Å². The lowest BCUT2D eigenvalue weighted by molar-refractivity contribution is 0.101. The zero-order valence-electron chi connectivity index (χ0n) is 10.6. The molecule has 1 nitrogen and oxygen atoms in total. The summed E-state index contributed by atoms with van der Waals surface area (Å²) in [5, 5.41) is 10.8. The lowest BCUT2D eigenvalue weighted by Crippen LogP contribution is -2.24. The van der Waals surface area contributed by atoms with Gasteiger partial charge < -0.3 is 5.11 Å². The molecular weight excluding hydrogens is 208 g/mol. The highest BCUT2D eigenvalue weighted by Gasteiger charge is 2.26. The average molecular weight is 226 g/mol. The molecule has 0 aliphatic heterocycles. The maximum absolute atomic E-state index is 10.8. The van der Waals surface area contributed by atoms with E-state index in [-0.39, 0.29) is 0 Å². The monoisotopic (exact) mass is 226 g/mol. The molecule has 88 valence electrons. The minimum Gasteiger partial charge on any atom is -0.381 e. The molecule has 0 heterocycles. The molecule has 0 amide bonds. The Kier molecular flexibility index (Phi) is 3.03. The number of benzene rings is 2. The highest BCUT2D eigenvalue weighted by Crippen LogP contribution is 2.31. The predicted molar refractivity (Wildman–Crippen MR) is 71.0 cm³/mol.